The lowest BCUT2D eigenvalue weighted by atomic mass is 10.3. The van der Waals surface area contributed by atoms with E-state index >= 15 is 0 Å². The minimum absolute atomic E-state index is 0.118. The normalized spacial score (nSPS) is 10.4. The molecule has 0 atom stereocenters. The third-order valence-electron chi connectivity index (χ3n) is 3.80. The van der Waals surface area contributed by atoms with Crippen LogP contribution in [0.2, 0.25) is 0 Å². The maximum atomic E-state index is 12.8. The molecule has 6 heteroatoms. The number of para-hydroxylation sites is 2. The van der Waals surface area contributed by atoms with E-state index in [-0.39, 0.29) is 5.91 Å². The van der Waals surface area contributed by atoms with E-state index in [1.54, 1.807) is 22.7 Å². The second-order valence-electron chi connectivity index (χ2n) is 5.54. The summed E-state index contributed by atoms with van der Waals surface area (Å²) in [5.74, 6) is 0.671. The van der Waals surface area contributed by atoms with Gasteiger partial charge in [0.2, 0.25) is 0 Å². The minimum Gasteiger partial charge on any atom is -0.492 e. The summed E-state index contributed by atoms with van der Waals surface area (Å²) >= 11 is 5.32. The van der Waals surface area contributed by atoms with Gasteiger partial charge in [-0.25, -0.2) is 0 Å². The molecule has 1 heterocycles. The first kappa shape index (κ1) is 17.0. The SMILES string of the molecule is CN(CCOc1ccccc1)C(=O)c1c[nH]c(=S)n1-c1ccccc1. The van der Waals surface area contributed by atoms with E-state index in [9.17, 15) is 4.79 Å². The van der Waals surface area contributed by atoms with Gasteiger partial charge >= 0.3 is 0 Å². The van der Waals surface area contributed by atoms with E-state index < -0.39 is 0 Å². The summed E-state index contributed by atoms with van der Waals surface area (Å²) in [4.78, 5) is 17.4. The van der Waals surface area contributed by atoms with Crippen LogP contribution in [0.1, 0.15) is 10.5 Å². The lowest BCUT2D eigenvalue weighted by Crippen LogP contribution is -2.32. The van der Waals surface area contributed by atoms with Gasteiger partial charge in [-0.1, -0.05) is 36.4 Å². The molecule has 3 rings (SSSR count). The van der Waals surface area contributed by atoms with Crippen molar-refractivity contribution in [2.75, 3.05) is 20.2 Å². The van der Waals surface area contributed by atoms with E-state index in [1.807, 2.05) is 60.7 Å². The second-order valence-corrected chi connectivity index (χ2v) is 5.92. The highest BCUT2D eigenvalue weighted by molar-refractivity contribution is 7.71. The Morgan fingerprint density at radius 2 is 1.76 bits per heavy atom. The summed E-state index contributed by atoms with van der Waals surface area (Å²) in [6.45, 7) is 0.892. The van der Waals surface area contributed by atoms with Gasteiger partial charge in [0, 0.05) is 18.9 Å². The lowest BCUT2D eigenvalue weighted by molar-refractivity contribution is 0.0766. The Balaban J connectivity index is 1.70. The van der Waals surface area contributed by atoms with Crippen molar-refractivity contribution in [3.63, 3.8) is 0 Å². The molecule has 128 valence electrons. The van der Waals surface area contributed by atoms with Crippen LogP contribution in [-0.4, -0.2) is 40.6 Å². The first-order chi connectivity index (χ1) is 12.2. The molecule has 25 heavy (non-hydrogen) atoms. The number of nitrogens with zero attached hydrogens (tertiary/aromatic N) is 2. The summed E-state index contributed by atoms with van der Waals surface area (Å²) in [5.41, 5.74) is 1.35. The average Bonchev–Trinajstić information content (AvgIpc) is 3.04. The first-order valence-electron chi connectivity index (χ1n) is 7.96. The molecule has 0 aliphatic carbocycles. The number of imidazole rings is 1. The predicted octanol–water partition coefficient (Wildman–Crippen LogP) is 3.69. The first-order valence-corrected chi connectivity index (χ1v) is 8.37. The van der Waals surface area contributed by atoms with Gasteiger partial charge in [-0.05, 0) is 36.5 Å². The Labute approximate surface area is 151 Å². The van der Waals surface area contributed by atoms with Crippen LogP contribution in [-0.2, 0) is 0 Å². The molecule has 3 aromatic rings. The third-order valence-corrected chi connectivity index (χ3v) is 4.10. The van der Waals surface area contributed by atoms with E-state index in [2.05, 4.69) is 4.98 Å². The molecule has 0 radical (unpaired) electrons. The number of hydrogen-bond donors (Lipinski definition) is 1. The predicted molar refractivity (Wildman–Crippen MR) is 99.9 cm³/mol. The third kappa shape index (κ3) is 3.97. The summed E-state index contributed by atoms with van der Waals surface area (Å²) in [6, 6.07) is 19.1. The fourth-order valence-electron chi connectivity index (χ4n) is 2.47. The molecule has 0 bridgehead atoms. The highest BCUT2D eigenvalue weighted by Crippen LogP contribution is 2.14. The molecule has 0 saturated carbocycles. The minimum atomic E-state index is -0.118. The van der Waals surface area contributed by atoms with Gasteiger partial charge in [-0.2, -0.15) is 0 Å². The second kappa shape index (κ2) is 7.81. The van der Waals surface area contributed by atoms with Crippen molar-refractivity contribution >= 4 is 18.1 Å². The zero-order chi connectivity index (χ0) is 17.6. The number of aromatic nitrogens is 2. The van der Waals surface area contributed by atoms with E-state index in [1.165, 1.54) is 0 Å². The van der Waals surface area contributed by atoms with Crippen LogP contribution in [0.3, 0.4) is 0 Å². The van der Waals surface area contributed by atoms with Crippen molar-refractivity contribution in [2.24, 2.45) is 0 Å². The average molecular weight is 353 g/mol. The van der Waals surface area contributed by atoms with Gasteiger partial charge in [0.1, 0.15) is 18.1 Å². The molecule has 0 spiro atoms. The van der Waals surface area contributed by atoms with Gasteiger partial charge in [0.15, 0.2) is 4.77 Å². The van der Waals surface area contributed by atoms with Crippen LogP contribution in [0.4, 0.5) is 0 Å². The van der Waals surface area contributed by atoms with Crippen LogP contribution in [0, 0.1) is 4.77 Å². The number of hydrogen-bond acceptors (Lipinski definition) is 3. The molecule has 2 aromatic carbocycles. The Bertz CT molecular complexity index is 888. The lowest BCUT2D eigenvalue weighted by Gasteiger charge is -2.18. The van der Waals surface area contributed by atoms with Crippen LogP contribution < -0.4 is 4.74 Å². The van der Waals surface area contributed by atoms with Crippen LogP contribution in [0.5, 0.6) is 5.75 Å². The summed E-state index contributed by atoms with van der Waals surface area (Å²) in [7, 11) is 1.75. The van der Waals surface area contributed by atoms with Gasteiger partial charge in [0.05, 0.1) is 6.54 Å². The van der Waals surface area contributed by atoms with Crippen LogP contribution >= 0.6 is 12.2 Å². The van der Waals surface area contributed by atoms with Crippen molar-refractivity contribution in [2.45, 2.75) is 0 Å². The van der Waals surface area contributed by atoms with Crippen LogP contribution in [0.15, 0.2) is 66.9 Å². The standard InChI is InChI=1S/C19H19N3O2S/c1-21(12-13-24-16-10-6-3-7-11-16)18(23)17-14-20-19(25)22(17)15-8-4-2-5-9-15/h2-11,14H,12-13H2,1H3,(H,20,25). The van der Waals surface area contributed by atoms with Crippen molar-refractivity contribution in [3.05, 3.63) is 77.3 Å². The Morgan fingerprint density at radius 3 is 2.44 bits per heavy atom. The fourth-order valence-corrected chi connectivity index (χ4v) is 2.74. The van der Waals surface area contributed by atoms with Crippen molar-refractivity contribution in [1.29, 1.82) is 0 Å². The zero-order valence-electron chi connectivity index (χ0n) is 13.9. The molecular weight excluding hydrogens is 334 g/mol. The Morgan fingerprint density at radius 1 is 1.12 bits per heavy atom. The molecule has 0 fully saturated rings. The number of carbonyl (C=O) groups excluding carboxylic acids is 1. The Kier molecular flexibility index (Phi) is 5.30. The molecule has 5 nitrogen and oxygen atoms in total. The van der Waals surface area contributed by atoms with Gasteiger partial charge in [-0.15, -0.1) is 0 Å². The molecular formula is C19H19N3O2S. The maximum Gasteiger partial charge on any atom is 0.272 e. The van der Waals surface area contributed by atoms with E-state index in [0.29, 0.717) is 23.6 Å². The molecule has 1 aromatic heterocycles. The van der Waals surface area contributed by atoms with Gasteiger partial charge < -0.3 is 14.6 Å². The summed E-state index contributed by atoms with van der Waals surface area (Å²) < 4.78 is 7.89. The number of carbonyl (C=O) groups is 1. The molecule has 0 aliphatic heterocycles. The highest BCUT2D eigenvalue weighted by atomic mass is 32.1. The van der Waals surface area contributed by atoms with Gasteiger partial charge in [-0.3, -0.25) is 9.36 Å². The monoisotopic (exact) mass is 353 g/mol. The Hall–Kier alpha value is -2.86. The van der Waals surface area contributed by atoms with E-state index in [4.69, 9.17) is 17.0 Å². The number of likely N-dealkylation sites (N-methyl/N-ethyl adjacent to an activating group) is 1. The highest BCUT2D eigenvalue weighted by Gasteiger charge is 2.18. The number of H-pyrrole nitrogens is 1. The number of ether oxygens (including phenoxy) is 1. The van der Waals surface area contributed by atoms with Crippen LogP contribution in [0.25, 0.3) is 5.69 Å². The quantitative estimate of drug-likeness (QED) is 0.688. The number of amides is 1. The number of benzene rings is 2. The molecule has 1 N–H and O–H groups in total. The molecule has 0 aliphatic rings. The van der Waals surface area contributed by atoms with Crippen molar-refractivity contribution < 1.29 is 9.53 Å². The van der Waals surface area contributed by atoms with Crippen molar-refractivity contribution in [1.82, 2.24) is 14.5 Å². The molecule has 1 amide bonds. The number of aromatic amines is 1. The molecule has 0 unspecified atom stereocenters. The number of nitrogens with one attached hydrogen (secondary N) is 1. The summed E-state index contributed by atoms with van der Waals surface area (Å²) in [5, 5.41) is 0. The number of rotatable bonds is 6. The zero-order valence-corrected chi connectivity index (χ0v) is 14.7. The summed E-state index contributed by atoms with van der Waals surface area (Å²) in [6.07, 6.45) is 1.65. The smallest absolute Gasteiger partial charge is 0.272 e. The topological polar surface area (TPSA) is 50.3 Å². The van der Waals surface area contributed by atoms with Gasteiger partial charge in [0.25, 0.3) is 5.91 Å². The maximum absolute atomic E-state index is 12.8. The molecule has 0 saturated heterocycles. The van der Waals surface area contributed by atoms with Crippen molar-refractivity contribution in [3.8, 4) is 11.4 Å². The van der Waals surface area contributed by atoms with E-state index in [0.717, 1.165) is 11.4 Å². The fraction of sp³-hybridized carbons (Fsp3) is 0.158. The largest absolute Gasteiger partial charge is 0.492 e.